The van der Waals surface area contributed by atoms with Gasteiger partial charge < -0.3 is 9.13 Å². The largest absolute Gasteiger partial charge is 0.416 e. The van der Waals surface area contributed by atoms with Gasteiger partial charge in [0.25, 0.3) is 0 Å². The summed E-state index contributed by atoms with van der Waals surface area (Å²) in [6.45, 7) is 10.3. The highest BCUT2D eigenvalue weighted by atomic mass is 31.1. The first-order chi connectivity index (χ1) is 26.8. The Hall–Kier alpha value is -2.22. The highest BCUT2D eigenvalue weighted by Gasteiger charge is 2.43. The van der Waals surface area contributed by atoms with Crippen molar-refractivity contribution in [2.24, 2.45) is 5.92 Å². The molecule has 2 fully saturated rings. The number of rotatable bonds is 10. The van der Waals surface area contributed by atoms with Gasteiger partial charge in [-0.25, -0.2) is 0 Å². The van der Waals surface area contributed by atoms with E-state index >= 15 is 4.57 Å². The predicted molar refractivity (Wildman–Crippen MR) is 232 cm³/mol. The molecule has 4 aromatic rings. The van der Waals surface area contributed by atoms with Crippen molar-refractivity contribution in [2.45, 2.75) is 126 Å². The first kappa shape index (κ1) is 44.3. The van der Waals surface area contributed by atoms with E-state index in [0.717, 1.165) is 55.3 Å². The highest BCUT2D eigenvalue weighted by molar-refractivity contribution is 7.81. The maximum atomic E-state index is 15.1. The second kappa shape index (κ2) is 17.8. The molecule has 0 heterocycles. The van der Waals surface area contributed by atoms with Crippen LogP contribution in [0, 0.1) is 5.92 Å². The van der Waals surface area contributed by atoms with E-state index in [1.807, 2.05) is 24.3 Å². The van der Waals surface area contributed by atoms with E-state index in [1.165, 1.54) is 61.7 Å². The molecule has 0 N–H and O–H groups in total. The lowest BCUT2D eigenvalue weighted by atomic mass is 9.81. The minimum atomic E-state index is -4.55. The van der Waals surface area contributed by atoms with Crippen molar-refractivity contribution < 1.29 is 35.5 Å². The van der Waals surface area contributed by atoms with Crippen LogP contribution in [0.15, 0.2) is 97.1 Å². The second-order valence-corrected chi connectivity index (χ2v) is 27.4. The molecule has 0 spiro atoms. The van der Waals surface area contributed by atoms with Crippen LogP contribution in [-0.2, 0) is 21.5 Å². The third-order valence-electron chi connectivity index (χ3n) is 12.1. The van der Waals surface area contributed by atoms with Crippen molar-refractivity contribution >= 4 is 63.3 Å². The van der Waals surface area contributed by atoms with Gasteiger partial charge in [0.15, 0.2) is 0 Å². The average molecular weight is 865 g/mol. The lowest BCUT2D eigenvalue weighted by molar-refractivity contribution is -0.138. The molecule has 0 bridgehead atoms. The smallest absolute Gasteiger partial charge is 0.321 e. The van der Waals surface area contributed by atoms with Crippen molar-refractivity contribution in [3.63, 3.8) is 0 Å². The van der Waals surface area contributed by atoms with Crippen molar-refractivity contribution in [3.8, 4) is 0 Å². The molecule has 12 heteroatoms. The van der Waals surface area contributed by atoms with Crippen LogP contribution >= 0.6 is 31.4 Å². The fourth-order valence-electron chi connectivity index (χ4n) is 8.84. The monoisotopic (exact) mass is 864 g/mol. The molecular weight excluding hydrogens is 810 g/mol. The molecule has 3 unspecified atom stereocenters. The Kier molecular flexibility index (Phi) is 13.8. The standard InChI is InChI=1S/C45H54F6O2P4/c1-42(2,3)56(52)40-17-11-9-15-38(40)54(34-13-7-6-8-14-34)35-25-19-31(20-26-35)43(4,5)57(53)41-18-12-10-16-39(41)55(36-27-21-32(22-28-36)44(46,47)48)37-29-23-33(24-30-37)45(49,50)51/h9-12,15-18,21-24,27-31,34-35,56-57H,6-8,13-14,19-20,25-26H2,1-5H3. The fraction of sp³-hybridized carbons (Fsp3) is 0.467. The summed E-state index contributed by atoms with van der Waals surface area (Å²) < 4.78 is 111. The topological polar surface area (TPSA) is 34.1 Å². The summed E-state index contributed by atoms with van der Waals surface area (Å²) in [7, 11) is -6.84. The van der Waals surface area contributed by atoms with Crippen LogP contribution in [0.4, 0.5) is 26.3 Å². The molecule has 2 nitrogen and oxygen atoms in total. The van der Waals surface area contributed by atoms with Gasteiger partial charge in [0.05, 0.1) is 11.1 Å². The molecule has 6 rings (SSSR count). The van der Waals surface area contributed by atoms with Gasteiger partial charge in [-0.05, 0) is 109 Å². The first-order valence-electron chi connectivity index (χ1n) is 20.0. The van der Waals surface area contributed by atoms with E-state index in [0.29, 0.717) is 32.5 Å². The van der Waals surface area contributed by atoms with Crippen molar-refractivity contribution in [3.05, 3.63) is 108 Å². The predicted octanol–water partition coefficient (Wildman–Crippen LogP) is 12.1. The molecule has 2 aliphatic rings. The van der Waals surface area contributed by atoms with E-state index in [9.17, 15) is 30.9 Å². The highest BCUT2D eigenvalue weighted by Crippen LogP contribution is 2.59. The summed E-state index contributed by atoms with van der Waals surface area (Å²) in [5.74, 6) is 0.156. The average Bonchev–Trinajstić information content (AvgIpc) is 3.18. The Morgan fingerprint density at radius 3 is 1.39 bits per heavy atom. The van der Waals surface area contributed by atoms with E-state index in [-0.39, 0.29) is 11.1 Å². The Labute approximate surface area is 338 Å². The molecule has 3 atom stereocenters. The number of hydrogen-bond donors (Lipinski definition) is 0. The summed E-state index contributed by atoms with van der Waals surface area (Å²) >= 11 is 0. The van der Waals surface area contributed by atoms with E-state index < -0.39 is 60.1 Å². The zero-order chi connectivity index (χ0) is 41.3. The van der Waals surface area contributed by atoms with Gasteiger partial charge in [-0.3, -0.25) is 0 Å². The van der Waals surface area contributed by atoms with Crippen LogP contribution in [-0.4, -0.2) is 21.6 Å². The zero-order valence-corrected chi connectivity index (χ0v) is 37.1. The Morgan fingerprint density at radius 2 is 0.930 bits per heavy atom. The van der Waals surface area contributed by atoms with Crippen LogP contribution < -0.4 is 31.8 Å². The van der Waals surface area contributed by atoms with Gasteiger partial charge in [-0.2, -0.15) is 26.3 Å². The maximum absolute atomic E-state index is 15.1. The van der Waals surface area contributed by atoms with Crippen LogP contribution in [0.1, 0.15) is 104 Å². The van der Waals surface area contributed by atoms with Crippen molar-refractivity contribution in [2.75, 3.05) is 0 Å². The summed E-state index contributed by atoms with van der Waals surface area (Å²) in [6.07, 6.45) is 0.844. The summed E-state index contributed by atoms with van der Waals surface area (Å²) in [6, 6.07) is 25.4. The van der Waals surface area contributed by atoms with Gasteiger partial charge in [-0.15, -0.1) is 0 Å². The molecule has 0 aliphatic heterocycles. The Morgan fingerprint density at radius 1 is 0.509 bits per heavy atom. The van der Waals surface area contributed by atoms with E-state index in [2.05, 4.69) is 52.8 Å². The van der Waals surface area contributed by atoms with Gasteiger partial charge in [0, 0.05) is 20.9 Å². The SMILES string of the molecule is CC(C)(C)[PH](=O)c1ccccc1P(C1CCCCC1)C1CCC(C(C)(C)[PH](=O)c2ccccc2P(c2ccc(C(F)(F)F)cc2)c2ccc(C(F)(F)F)cc2)CC1. The third-order valence-corrected chi connectivity index (χ3v) is 23.3. The first-order valence-corrected chi connectivity index (χ1v) is 25.6. The quantitative estimate of drug-likeness (QED) is 0.118. The summed E-state index contributed by atoms with van der Waals surface area (Å²) in [4.78, 5) is 0. The van der Waals surface area contributed by atoms with E-state index in [1.54, 1.807) is 6.07 Å². The van der Waals surface area contributed by atoms with Gasteiger partial charge in [-0.1, -0.05) is 135 Å². The third kappa shape index (κ3) is 10.1. The summed E-state index contributed by atoms with van der Waals surface area (Å²) in [5.41, 5.74) is -0.550. The molecule has 4 aromatic carbocycles. The summed E-state index contributed by atoms with van der Waals surface area (Å²) in [5, 5.41) is 3.84. The van der Waals surface area contributed by atoms with Gasteiger partial charge >= 0.3 is 12.4 Å². The molecular formula is C45H54F6O2P4. The number of alkyl halides is 6. The van der Waals surface area contributed by atoms with Crippen molar-refractivity contribution in [1.82, 2.24) is 0 Å². The fourth-order valence-corrected chi connectivity index (χ4v) is 19.5. The lowest BCUT2D eigenvalue weighted by Gasteiger charge is -2.44. The number of benzene rings is 4. The normalized spacial score (nSPS) is 20.6. The number of halogens is 6. The molecule has 0 saturated heterocycles. The van der Waals surface area contributed by atoms with Gasteiger partial charge in [0.1, 0.15) is 15.6 Å². The van der Waals surface area contributed by atoms with Crippen LogP contribution in [0.5, 0.6) is 0 Å². The molecule has 57 heavy (non-hydrogen) atoms. The molecule has 0 amide bonds. The lowest BCUT2D eigenvalue weighted by Crippen LogP contribution is -2.39. The molecule has 2 aliphatic carbocycles. The van der Waals surface area contributed by atoms with Gasteiger partial charge in [0.2, 0.25) is 0 Å². The van der Waals surface area contributed by atoms with Crippen LogP contribution in [0.3, 0.4) is 0 Å². The van der Waals surface area contributed by atoms with Crippen LogP contribution in [0.25, 0.3) is 0 Å². The van der Waals surface area contributed by atoms with Crippen LogP contribution in [0.2, 0.25) is 0 Å². The second-order valence-electron chi connectivity index (χ2n) is 17.3. The Balaban J connectivity index is 1.31. The molecule has 2 saturated carbocycles. The minimum absolute atomic E-state index is 0.156. The van der Waals surface area contributed by atoms with E-state index in [4.69, 9.17) is 0 Å². The molecule has 0 radical (unpaired) electrons. The molecule has 308 valence electrons. The van der Waals surface area contributed by atoms with Crippen molar-refractivity contribution in [1.29, 1.82) is 0 Å². The number of hydrogen-bond acceptors (Lipinski definition) is 2. The maximum Gasteiger partial charge on any atom is 0.416 e. The Bertz CT molecular complexity index is 1970. The zero-order valence-electron chi connectivity index (χ0n) is 33.3. The minimum Gasteiger partial charge on any atom is -0.321 e. The molecule has 0 aromatic heterocycles.